The smallest absolute Gasteiger partial charge is 0.253 e. The lowest BCUT2D eigenvalue weighted by atomic mass is 9.81. The van der Waals surface area contributed by atoms with E-state index in [2.05, 4.69) is 15.4 Å². The van der Waals surface area contributed by atoms with Crippen molar-refractivity contribution in [1.29, 1.82) is 0 Å². The summed E-state index contributed by atoms with van der Waals surface area (Å²) in [7, 11) is 0. The number of carbonyl (C=O) groups is 1. The van der Waals surface area contributed by atoms with Gasteiger partial charge in [-0.1, -0.05) is 0 Å². The van der Waals surface area contributed by atoms with Gasteiger partial charge in [0.05, 0.1) is 11.3 Å². The number of nitrogens with zero attached hydrogens (tertiary/aromatic N) is 3. The first-order valence-corrected chi connectivity index (χ1v) is 7.48. The quantitative estimate of drug-likeness (QED) is 0.894. The zero-order valence-electron chi connectivity index (χ0n) is 12.8. The number of amides is 1. The summed E-state index contributed by atoms with van der Waals surface area (Å²) in [6.07, 6.45) is 3.27. The van der Waals surface area contributed by atoms with Crippen LogP contribution in [0.15, 0.2) is 24.4 Å². The SMILES string of the molecule is Cc1cc(C)n(-c2ccc(C(=O)NC3CC(CO)C3)cn2)n1. The van der Waals surface area contributed by atoms with Crippen LogP contribution >= 0.6 is 0 Å². The van der Waals surface area contributed by atoms with Crippen molar-refractivity contribution in [2.45, 2.75) is 32.7 Å². The lowest BCUT2D eigenvalue weighted by molar-refractivity contribution is 0.0832. The number of hydrogen-bond donors (Lipinski definition) is 2. The van der Waals surface area contributed by atoms with Crippen molar-refractivity contribution in [2.75, 3.05) is 6.61 Å². The first kappa shape index (κ1) is 14.7. The molecule has 2 aromatic rings. The van der Waals surface area contributed by atoms with Crippen LogP contribution in [0.4, 0.5) is 0 Å². The topological polar surface area (TPSA) is 80.0 Å². The van der Waals surface area contributed by atoms with Gasteiger partial charge < -0.3 is 10.4 Å². The van der Waals surface area contributed by atoms with Crippen molar-refractivity contribution in [3.8, 4) is 5.82 Å². The van der Waals surface area contributed by atoms with Gasteiger partial charge in [-0.05, 0) is 50.8 Å². The van der Waals surface area contributed by atoms with Crippen LogP contribution in [0.2, 0.25) is 0 Å². The van der Waals surface area contributed by atoms with Gasteiger partial charge in [0.25, 0.3) is 5.91 Å². The fourth-order valence-corrected chi connectivity index (χ4v) is 2.78. The Bertz CT molecular complexity index is 672. The molecule has 3 rings (SSSR count). The van der Waals surface area contributed by atoms with Crippen LogP contribution in [0.3, 0.4) is 0 Å². The number of aliphatic hydroxyl groups is 1. The molecule has 0 atom stereocenters. The molecule has 0 spiro atoms. The van der Waals surface area contributed by atoms with Crippen molar-refractivity contribution < 1.29 is 9.90 Å². The zero-order valence-corrected chi connectivity index (χ0v) is 12.8. The van der Waals surface area contributed by atoms with Gasteiger partial charge in [0.15, 0.2) is 5.82 Å². The van der Waals surface area contributed by atoms with E-state index < -0.39 is 0 Å². The minimum absolute atomic E-state index is 0.117. The molecule has 2 heterocycles. The molecular weight excluding hydrogens is 280 g/mol. The molecule has 1 aliphatic carbocycles. The van der Waals surface area contributed by atoms with E-state index in [-0.39, 0.29) is 18.6 Å². The Balaban J connectivity index is 1.66. The van der Waals surface area contributed by atoms with Crippen LogP contribution in [0, 0.1) is 19.8 Å². The molecule has 1 amide bonds. The highest BCUT2D eigenvalue weighted by Gasteiger charge is 2.29. The van der Waals surface area contributed by atoms with Crippen LogP contribution in [-0.4, -0.2) is 38.4 Å². The molecular formula is C16H20N4O2. The molecule has 0 unspecified atom stereocenters. The van der Waals surface area contributed by atoms with Crippen molar-refractivity contribution in [3.05, 3.63) is 41.3 Å². The third-order valence-electron chi connectivity index (χ3n) is 4.07. The summed E-state index contributed by atoms with van der Waals surface area (Å²) in [5.74, 6) is 0.914. The van der Waals surface area contributed by atoms with E-state index in [1.807, 2.05) is 19.9 Å². The number of aryl methyl sites for hydroxylation is 2. The Morgan fingerprint density at radius 3 is 2.73 bits per heavy atom. The van der Waals surface area contributed by atoms with E-state index in [1.54, 1.807) is 23.0 Å². The first-order chi connectivity index (χ1) is 10.6. The van der Waals surface area contributed by atoms with E-state index in [9.17, 15) is 4.79 Å². The Kier molecular flexibility index (Phi) is 3.94. The van der Waals surface area contributed by atoms with E-state index in [1.165, 1.54) is 0 Å². The molecule has 0 aliphatic heterocycles. The molecule has 6 heteroatoms. The molecule has 0 saturated heterocycles. The molecule has 6 nitrogen and oxygen atoms in total. The van der Waals surface area contributed by atoms with Gasteiger partial charge in [-0.15, -0.1) is 0 Å². The third-order valence-corrected chi connectivity index (χ3v) is 4.07. The van der Waals surface area contributed by atoms with Crippen LogP contribution in [0.25, 0.3) is 5.82 Å². The van der Waals surface area contributed by atoms with Gasteiger partial charge in [0.1, 0.15) is 0 Å². The summed E-state index contributed by atoms with van der Waals surface area (Å²) in [6, 6.07) is 5.71. The maximum Gasteiger partial charge on any atom is 0.253 e. The highest BCUT2D eigenvalue weighted by Crippen LogP contribution is 2.26. The predicted octanol–water partition coefficient (Wildman–Crippen LogP) is 1.38. The highest BCUT2D eigenvalue weighted by molar-refractivity contribution is 5.94. The number of hydrogen-bond acceptors (Lipinski definition) is 4. The Hall–Kier alpha value is -2.21. The first-order valence-electron chi connectivity index (χ1n) is 7.48. The summed E-state index contributed by atoms with van der Waals surface area (Å²) >= 11 is 0. The van der Waals surface area contributed by atoms with Crippen LogP contribution in [0.5, 0.6) is 0 Å². The minimum atomic E-state index is -0.117. The second-order valence-electron chi connectivity index (χ2n) is 5.93. The fraction of sp³-hybridized carbons (Fsp3) is 0.438. The molecule has 1 fully saturated rings. The summed E-state index contributed by atoms with van der Waals surface area (Å²) in [4.78, 5) is 16.5. The Morgan fingerprint density at radius 2 is 2.18 bits per heavy atom. The molecule has 22 heavy (non-hydrogen) atoms. The largest absolute Gasteiger partial charge is 0.396 e. The summed E-state index contributed by atoms with van der Waals surface area (Å²) in [5.41, 5.74) is 2.48. The molecule has 0 bridgehead atoms. The lowest BCUT2D eigenvalue weighted by Crippen LogP contribution is -2.45. The average molecular weight is 300 g/mol. The van der Waals surface area contributed by atoms with E-state index >= 15 is 0 Å². The fourth-order valence-electron chi connectivity index (χ4n) is 2.78. The number of rotatable bonds is 4. The Morgan fingerprint density at radius 1 is 1.41 bits per heavy atom. The molecule has 2 aromatic heterocycles. The second kappa shape index (κ2) is 5.88. The van der Waals surface area contributed by atoms with Crippen molar-refractivity contribution >= 4 is 5.91 Å². The van der Waals surface area contributed by atoms with Crippen LogP contribution in [0.1, 0.15) is 34.6 Å². The number of carbonyl (C=O) groups excluding carboxylic acids is 1. The van der Waals surface area contributed by atoms with Gasteiger partial charge in [-0.25, -0.2) is 9.67 Å². The number of aromatic nitrogens is 3. The van der Waals surface area contributed by atoms with Crippen LogP contribution < -0.4 is 5.32 Å². The predicted molar refractivity (Wildman–Crippen MR) is 81.9 cm³/mol. The van der Waals surface area contributed by atoms with E-state index in [0.29, 0.717) is 17.3 Å². The van der Waals surface area contributed by atoms with Crippen LogP contribution in [-0.2, 0) is 0 Å². The van der Waals surface area contributed by atoms with E-state index in [0.717, 1.165) is 24.2 Å². The molecule has 1 aliphatic rings. The standard InChI is InChI=1S/C16H20N4O2/c1-10-5-11(2)20(19-10)15-4-3-13(8-17-15)16(22)18-14-6-12(7-14)9-21/h3-5,8,12,14,21H,6-7,9H2,1-2H3,(H,18,22). The second-order valence-corrected chi connectivity index (χ2v) is 5.93. The molecule has 116 valence electrons. The third kappa shape index (κ3) is 2.87. The Labute approximate surface area is 129 Å². The van der Waals surface area contributed by atoms with Crippen molar-refractivity contribution in [1.82, 2.24) is 20.1 Å². The van der Waals surface area contributed by atoms with Gasteiger partial charge in [0, 0.05) is 24.5 Å². The number of nitrogens with one attached hydrogen (secondary N) is 1. The monoisotopic (exact) mass is 300 g/mol. The zero-order chi connectivity index (χ0) is 15.7. The highest BCUT2D eigenvalue weighted by atomic mass is 16.3. The summed E-state index contributed by atoms with van der Waals surface area (Å²) < 4.78 is 1.76. The molecule has 0 radical (unpaired) electrons. The average Bonchev–Trinajstić information content (AvgIpc) is 2.81. The van der Waals surface area contributed by atoms with Crippen molar-refractivity contribution in [3.63, 3.8) is 0 Å². The van der Waals surface area contributed by atoms with Gasteiger partial charge in [-0.3, -0.25) is 4.79 Å². The molecule has 1 saturated carbocycles. The van der Waals surface area contributed by atoms with E-state index in [4.69, 9.17) is 5.11 Å². The van der Waals surface area contributed by atoms with Gasteiger partial charge in [-0.2, -0.15) is 5.10 Å². The molecule has 2 N–H and O–H groups in total. The minimum Gasteiger partial charge on any atom is -0.396 e. The maximum absolute atomic E-state index is 12.1. The summed E-state index contributed by atoms with van der Waals surface area (Å²) in [5, 5.41) is 16.3. The van der Waals surface area contributed by atoms with Gasteiger partial charge in [0.2, 0.25) is 0 Å². The maximum atomic E-state index is 12.1. The number of aliphatic hydroxyl groups excluding tert-OH is 1. The molecule has 0 aromatic carbocycles. The lowest BCUT2D eigenvalue weighted by Gasteiger charge is -2.34. The normalized spacial score (nSPS) is 20.5. The van der Waals surface area contributed by atoms with Gasteiger partial charge >= 0.3 is 0 Å². The summed E-state index contributed by atoms with van der Waals surface area (Å²) in [6.45, 7) is 4.10. The van der Waals surface area contributed by atoms with Crippen molar-refractivity contribution in [2.24, 2.45) is 5.92 Å². The number of pyridine rings is 1.